The first kappa shape index (κ1) is 15.3. The van der Waals surface area contributed by atoms with E-state index < -0.39 is 0 Å². The van der Waals surface area contributed by atoms with E-state index in [1.165, 1.54) is 11.1 Å². The van der Waals surface area contributed by atoms with Crippen LogP contribution in [0, 0.1) is 13.8 Å². The Kier molecular flexibility index (Phi) is 4.60. The van der Waals surface area contributed by atoms with Gasteiger partial charge in [0.15, 0.2) is 0 Å². The Morgan fingerprint density at radius 3 is 2.68 bits per heavy atom. The SMILES string of the molecule is CCc1ccc(C2CNCCN2Cc2nc(C)c(C)o2)cc1. The molecule has 0 amide bonds. The Morgan fingerprint density at radius 2 is 2.05 bits per heavy atom. The monoisotopic (exact) mass is 299 g/mol. The summed E-state index contributed by atoms with van der Waals surface area (Å²) in [5.74, 6) is 1.75. The zero-order valence-electron chi connectivity index (χ0n) is 13.7. The summed E-state index contributed by atoms with van der Waals surface area (Å²) in [4.78, 5) is 6.99. The molecule has 118 valence electrons. The summed E-state index contributed by atoms with van der Waals surface area (Å²) < 4.78 is 5.76. The number of hydrogen-bond donors (Lipinski definition) is 1. The van der Waals surface area contributed by atoms with E-state index in [2.05, 4.69) is 46.4 Å². The Bertz CT molecular complexity index is 598. The molecule has 2 heterocycles. The Morgan fingerprint density at radius 1 is 1.27 bits per heavy atom. The lowest BCUT2D eigenvalue weighted by atomic mass is 10.0. The third kappa shape index (κ3) is 3.23. The number of rotatable bonds is 4. The summed E-state index contributed by atoms with van der Waals surface area (Å²) in [6.45, 7) is 9.95. The molecular formula is C18H25N3O. The average Bonchev–Trinajstić information content (AvgIpc) is 2.86. The summed E-state index contributed by atoms with van der Waals surface area (Å²) in [5, 5.41) is 3.50. The van der Waals surface area contributed by atoms with Crippen LogP contribution in [0.3, 0.4) is 0 Å². The largest absolute Gasteiger partial charge is 0.444 e. The van der Waals surface area contributed by atoms with Crippen LogP contribution in [-0.2, 0) is 13.0 Å². The van der Waals surface area contributed by atoms with Gasteiger partial charge in [-0.2, -0.15) is 0 Å². The summed E-state index contributed by atoms with van der Waals surface area (Å²) >= 11 is 0. The van der Waals surface area contributed by atoms with Gasteiger partial charge in [-0.1, -0.05) is 31.2 Å². The van der Waals surface area contributed by atoms with Gasteiger partial charge in [0.1, 0.15) is 5.76 Å². The minimum Gasteiger partial charge on any atom is -0.444 e. The van der Waals surface area contributed by atoms with Gasteiger partial charge in [0.05, 0.1) is 12.2 Å². The minimum atomic E-state index is 0.382. The van der Waals surface area contributed by atoms with Crippen LogP contribution in [-0.4, -0.2) is 29.5 Å². The third-order valence-electron chi connectivity index (χ3n) is 4.54. The molecule has 1 aromatic carbocycles. The van der Waals surface area contributed by atoms with Gasteiger partial charge in [-0.15, -0.1) is 0 Å². The van der Waals surface area contributed by atoms with E-state index >= 15 is 0 Å². The van der Waals surface area contributed by atoms with Crippen LogP contribution in [0.2, 0.25) is 0 Å². The van der Waals surface area contributed by atoms with E-state index in [1.54, 1.807) is 0 Å². The van der Waals surface area contributed by atoms with Crippen LogP contribution in [0.4, 0.5) is 0 Å². The maximum absolute atomic E-state index is 5.76. The summed E-state index contributed by atoms with van der Waals surface area (Å²) in [6, 6.07) is 9.38. The van der Waals surface area contributed by atoms with Gasteiger partial charge in [-0.25, -0.2) is 4.98 Å². The summed E-state index contributed by atoms with van der Waals surface area (Å²) in [5.41, 5.74) is 3.75. The molecule has 0 aliphatic carbocycles. The zero-order chi connectivity index (χ0) is 15.5. The van der Waals surface area contributed by atoms with Crippen molar-refractivity contribution in [3.8, 4) is 0 Å². The first-order chi connectivity index (χ1) is 10.7. The van der Waals surface area contributed by atoms with Crippen molar-refractivity contribution in [1.82, 2.24) is 15.2 Å². The highest BCUT2D eigenvalue weighted by Crippen LogP contribution is 2.25. The molecule has 1 atom stereocenters. The molecule has 3 rings (SSSR count). The van der Waals surface area contributed by atoms with Gasteiger partial charge < -0.3 is 9.73 Å². The molecule has 0 spiro atoms. The molecule has 1 aliphatic heterocycles. The van der Waals surface area contributed by atoms with Crippen molar-refractivity contribution >= 4 is 0 Å². The standard InChI is InChI=1S/C18H25N3O/c1-4-15-5-7-16(8-6-15)17-11-19-9-10-21(17)12-18-20-13(2)14(3)22-18/h5-8,17,19H,4,9-12H2,1-3H3. The smallest absolute Gasteiger partial charge is 0.208 e. The molecule has 0 bridgehead atoms. The van der Waals surface area contributed by atoms with Crippen LogP contribution in [0.5, 0.6) is 0 Å². The molecule has 4 nitrogen and oxygen atoms in total. The average molecular weight is 299 g/mol. The molecule has 22 heavy (non-hydrogen) atoms. The molecule has 1 aliphatic rings. The highest BCUT2D eigenvalue weighted by atomic mass is 16.4. The Labute approximate surface area is 132 Å². The molecule has 1 fully saturated rings. The fourth-order valence-electron chi connectivity index (χ4n) is 3.02. The lowest BCUT2D eigenvalue weighted by Gasteiger charge is -2.35. The van der Waals surface area contributed by atoms with Gasteiger partial charge >= 0.3 is 0 Å². The highest BCUT2D eigenvalue weighted by Gasteiger charge is 2.25. The number of nitrogens with one attached hydrogen (secondary N) is 1. The fourth-order valence-corrected chi connectivity index (χ4v) is 3.02. The molecule has 1 N–H and O–H groups in total. The molecule has 0 radical (unpaired) electrons. The quantitative estimate of drug-likeness (QED) is 0.942. The first-order valence-electron chi connectivity index (χ1n) is 8.14. The number of benzene rings is 1. The summed E-state index contributed by atoms with van der Waals surface area (Å²) in [7, 11) is 0. The second-order valence-corrected chi connectivity index (χ2v) is 6.03. The molecule has 0 saturated carbocycles. The number of nitrogens with zero attached hydrogens (tertiary/aromatic N) is 2. The lowest BCUT2D eigenvalue weighted by Crippen LogP contribution is -2.45. The molecule has 1 saturated heterocycles. The van der Waals surface area contributed by atoms with Crippen LogP contribution in [0.25, 0.3) is 0 Å². The van der Waals surface area contributed by atoms with E-state index in [0.29, 0.717) is 6.04 Å². The number of hydrogen-bond acceptors (Lipinski definition) is 4. The van der Waals surface area contributed by atoms with E-state index in [9.17, 15) is 0 Å². The van der Waals surface area contributed by atoms with Crippen molar-refractivity contribution in [2.75, 3.05) is 19.6 Å². The third-order valence-corrected chi connectivity index (χ3v) is 4.54. The van der Waals surface area contributed by atoms with E-state index in [1.807, 2.05) is 13.8 Å². The fraction of sp³-hybridized carbons (Fsp3) is 0.500. The Balaban J connectivity index is 1.78. The van der Waals surface area contributed by atoms with Crippen molar-refractivity contribution in [2.24, 2.45) is 0 Å². The van der Waals surface area contributed by atoms with Crippen molar-refractivity contribution in [1.29, 1.82) is 0 Å². The zero-order valence-corrected chi connectivity index (χ0v) is 13.7. The topological polar surface area (TPSA) is 41.3 Å². The maximum atomic E-state index is 5.76. The number of aromatic nitrogens is 1. The minimum absolute atomic E-state index is 0.382. The number of oxazole rings is 1. The van der Waals surface area contributed by atoms with Gasteiger partial charge in [-0.3, -0.25) is 4.90 Å². The van der Waals surface area contributed by atoms with Crippen molar-refractivity contribution in [2.45, 2.75) is 39.8 Å². The number of piperazine rings is 1. The lowest BCUT2D eigenvalue weighted by molar-refractivity contribution is 0.139. The van der Waals surface area contributed by atoms with Gasteiger partial charge in [0, 0.05) is 25.7 Å². The van der Waals surface area contributed by atoms with Crippen molar-refractivity contribution in [3.05, 3.63) is 52.7 Å². The van der Waals surface area contributed by atoms with E-state index in [0.717, 1.165) is 49.9 Å². The Hall–Kier alpha value is -1.65. The molecule has 1 aromatic heterocycles. The van der Waals surface area contributed by atoms with Gasteiger partial charge in [0.25, 0.3) is 0 Å². The van der Waals surface area contributed by atoms with Gasteiger partial charge in [0.2, 0.25) is 5.89 Å². The van der Waals surface area contributed by atoms with E-state index in [4.69, 9.17) is 4.42 Å². The van der Waals surface area contributed by atoms with Crippen LogP contribution >= 0.6 is 0 Å². The summed E-state index contributed by atoms with van der Waals surface area (Å²) in [6.07, 6.45) is 1.09. The predicted molar refractivity (Wildman–Crippen MR) is 87.8 cm³/mol. The molecule has 2 aromatic rings. The van der Waals surface area contributed by atoms with Crippen molar-refractivity contribution in [3.63, 3.8) is 0 Å². The number of aryl methyl sites for hydroxylation is 3. The predicted octanol–water partition coefficient (Wildman–Crippen LogP) is 3.00. The van der Waals surface area contributed by atoms with E-state index in [-0.39, 0.29) is 0 Å². The van der Waals surface area contributed by atoms with Crippen molar-refractivity contribution < 1.29 is 4.42 Å². The van der Waals surface area contributed by atoms with Gasteiger partial charge in [-0.05, 0) is 31.4 Å². The second kappa shape index (κ2) is 6.63. The molecule has 1 unspecified atom stereocenters. The second-order valence-electron chi connectivity index (χ2n) is 6.03. The highest BCUT2D eigenvalue weighted by molar-refractivity contribution is 5.26. The normalized spacial score (nSPS) is 19.5. The molecule has 4 heteroatoms. The first-order valence-corrected chi connectivity index (χ1v) is 8.14. The maximum Gasteiger partial charge on any atom is 0.208 e. The van der Waals surface area contributed by atoms with Crippen LogP contribution in [0.1, 0.15) is 41.4 Å². The molecular weight excluding hydrogens is 274 g/mol. The van der Waals surface area contributed by atoms with Crippen LogP contribution < -0.4 is 5.32 Å². The van der Waals surface area contributed by atoms with Crippen LogP contribution in [0.15, 0.2) is 28.7 Å².